The van der Waals surface area contributed by atoms with E-state index < -0.39 is 0 Å². The second-order valence-electron chi connectivity index (χ2n) is 5.78. The maximum Gasteiger partial charge on any atom is 0.243 e. The van der Waals surface area contributed by atoms with Gasteiger partial charge in [-0.3, -0.25) is 4.79 Å². The molecule has 134 valence electrons. The Labute approximate surface area is 158 Å². The summed E-state index contributed by atoms with van der Waals surface area (Å²) in [6.45, 7) is 5.66. The third-order valence-corrected chi connectivity index (χ3v) is 4.95. The fraction of sp³-hybridized carbons (Fsp3) is 0.533. The fourth-order valence-electron chi connectivity index (χ4n) is 2.55. The molecule has 3 rings (SSSR count). The molecule has 1 aliphatic heterocycles. The summed E-state index contributed by atoms with van der Waals surface area (Å²) in [5.74, 6) is 0.435. The van der Waals surface area contributed by atoms with E-state index in [0.29, 0.717) is 12.5 Å². The number of rotatable bonds is 5. The number of aromatic nitrogens is 3. The zero-order valence-electron chi connectivity index (χ0n) is 13.7. The Morgan fingerprint density at radius 2 is 2.25 bits per heavy atom. The first-order valence-corrected chi connectivity index (χ1v) is 8.50. The number of nitrogens with zero attached hydrogens (tertiary/aromatic N) is 2. The number of thiazole rings is 1. The van der Waals surface area contributed by atoms with E-state index in [2.05, 4.69) is 44.8 Å². The Balaban J connectivity index is 0.00000144. The average molecular weight is 392 g/mol. The van der Waals surface area contributed by atoms with Crippen molar-refractivity contribution in [1.82, 2.24) is 25.6 Å². The number of nitrogens with one attached hydrogen (secondary N) is 3. The largest absolute Gasteiger partial charge is 0.354 e. The molecular formula is C15H23Cl2N5OS. The van der Waals surface area contributed by atoms with Gasteiger partial charge in [0.25, 0.3) is 0 Å². The number of carbonyl (C=O) groups excluding carboxylic acids is 1. The van der Waals surface area contributed by atoms with Gasteiger partial charge in [-0.25, -0.2) is 9.97 Å². The van der Waals surface area contributed by atoms with Gasteiger partial charge >= 0.3 is 0 Å². The van der Waals surface area contributed by atoms with Crippen molar-refractivity contribution in [3.63, 3.8) is 0 Å². The van der Waals surface area contributed by atoms with Gasteiger partial charge in [0.2, 0.25) is 5.91 Å². The molecule has 0 fully saturated rings. The standard InChI is InChI=1S/C15H21N5OS.2ClH/c1-9(2)15-20-10(7-22-15)3-5-17-14(21)13-12-11(4-6-16-13)18-8-19-12;;/h7-9,13,16H,3-6H2,1-2H3,(H,17,21)(H,18,19);2*1H. The second kappa shape index (κ2) is 9.36. The molecule has 3 heterocycles. The molecule has 24 heavy (non-hydrogen) atoms. The number of aromatic amines is 1. The third kappa shape index (κ3) is 4.69. The van der Waals surface area contributed by atoms with Crippen LogP contribution in [0.4, 0.5) is 0 Å². The molecule has 9 heteroatoms. The van der Waals surface area contributed by atoms with Crippen LogP contribution in [0.1, 0.15) is 47.9 Å². The lowest BCUT2D eigenvalue weighted by Crippen LogP contribution is -2.42. The molecule has 0 saturated heterocycles. The van der Waals surface area contributed by atoms with Crippen molar-refractivity contribution >= 4 is 42.1 Å². The molecule has 6 nitrogen and oxygen atoms in total. The summed E-state index contributed by atoms with van der Waals surface area (Å²) in [7, 11) is 0. The monoisotopic (exact) mass is 391 g/mol. The Kier molecular flexibility index (Phi) is 8.15. The second-order valence-corrected chi connectivity index (χ2v) is 6.67. The van der Waals surface area contributed by atoms with Gasteiger partial charge in [-0.2, -0.15) is 0 Å². The highest BCUT2D eigenvalue weighted by Crippen LogP contribution is 2.20. The minimum Gasteiger partial charge on any atom is -0.354 e. The molecule has 0 bridgehead atoms. The molecular weight excluding hydrogens is 369 g/mol. The molecule has 2 aromatic heterocycles. The van der Waals surface area contributed by atoms with Crippen molar-refractivity contribution in [2.75, 3.05) is 13.1 Å². The summed E-state index contributed by atoms with van der Waals surface area (Å²) in [5.41, 5.74) is 2.92. The molecule has 3 N–H and O–H groups in total. The Morgan fingerprint density at radius 3 is 2.96 bits per heavy atom. The van der Waals surface area contributed by atoms with E-state index in [1.165, 1.54) is 0 Å². The van der Waals surface area contributed by atoms with E-state index in [9.17, 15) is 4.79 Å². The quantitative estimate of drug-likeness (QED) is 0.730. The molecule has 1 amide bonds. The highest BCUT2D eigenvalue weighted by Gasteiger charge is 2.27. The first-order valence-electron chi connectivity index (χ1n) is 7.62. The summed E-state index contributed by atoms with van der Waals surface area (Å²) >= 11 is 1.69. The number of fused-ring (bicyclic) bond motifs is 1. The summed E-state index contributed by atoms with van der Waals surface area (Å²) in [5, 5.41) is 9.43. The van der Waals surface area contributed by atoms with E-state index >= 15 is 0 Å². The predicted molar refractivity (Wildman–Crippen MR) is 100 cm³/mol. The zero-order valence-corrected chi connectivity index (χ0v) is 16.1. The SMILES string of the molecule is CC(C)c1nc(CCNC(=O)C2NCCc3[nH]cnc32)cs1.Cl.Cl. The average Bonchev–Trinajstić information content (AvgIpc) is 3.15. The van der Waals surface area contributed by atoms with Gasteiger partial charge in [-0.15, -0.1) is 36.2 Å². The molecule has 1 aliphatic rings. The van der Waals surface area contributed by atoms with Crippen molar-refractivity contribution in [2.45, 2.75) is 38.6 Å². The van der Waals surface area contributed by atoms with Crippen LogP contribution in [0.3, 0.4) is 0 Å². The highest BCUT2D eigenvalue weighted by atomic mass is 35.5. The summed E-state index contributed by atoms with van der Waals surface area (Å²) in [6.07, 6.45) is 3.30. The Hall–Kier alpha value is -1.15. The van der Waals surface area contributed by atoms with Crippen LogP contribution in [0, 0.1) is 0 Å². The van der Waals surface area contributed by atoms with Crippen molar-refractivity contribution in [3.8, 4) is 0 Å². The molecule has 0 aliphatic carbocycles. The number of hydrogen-bond acceptors (Lipinski definition) is 5. The van der Waals surface area contributed by atoms with Crippen LogP contribution in [0.25, 0.3) is 0 Å². The van der Waals surface area contributed by atoms with E-state index in [-0.39, 0.29) is 36.8 Å². The molecule has 2 aromatic rings. The van der Waals surface area contributed by atoms with Gasteiger partial charge in [0.05, 0.1) is 22.7 Å². The summed E-state index contributed by atoms with van der Waals surface area (Å²) in [6, 6.07) is -0.350. The van der Waals surface area contributed by atoms with Crippen LogP contribution in [0.15, 0.2) is 11.7 Å². The molecule has 0 spiro atoms. The van der Waals surface area contributed by atoms with Crippen LogP contribution >= 0.6 is 36.2 Å². The van der Waals surface area contributed by atoms with Gasteiger partial charge in [0, 0.05) is 42.9 Å². The smallest absolute Gasteiger partial charge is 0.243 e. The normalized spacial score (nSPS) is 16.0. The van der Waals surface area contributed by atoms with Gasteiger partial charge in [0.1, 0.15) is 6.04 Å². The molecule has 0 aromatic carbocycles. The number of hydrogen-bond donors (Lipinski definition) is 3. The molecule has 0 saturated carbocycles. The molecule has 1 unspecified atom stereocenters. The minimum atomic E-state index is -0.350. The zero-order chi connectivity index (χ0) is 15.5. The van der Waals surface area contributed by atoms with E-state index in [0.717, 1.165) is 41.5 Å². The van der Waals surface area contributed by atoms with E-state index in [1.807, 2.05) is 0 Å². The van der Waals surface area contributed by atoms with Crippen molar-refractivity contribution in [1.29, 1.82) is 0 Å². The van der Waals surface area contributed by atoms with Gasteiger partial charge in [0.15, 0.2) is 0 Å². The van der Waals surface area contributed by atoms with Gasteiger partial charge in [-0.1, -0.05) is 13.8 Å². The van der Waals surface area contributed by atoms with Crippen LogP contribution in [0.2, 0.25) is 0 Å². The number of halogens is 2. The van der Waals surface area contributed by atoms with Crippen LogP contribution < -0.4 is 10.6 Å². The topological polar surface area (TPSA) is 82.7 Å². The lowest BCUT2D eigenvalue weighted by Gasteiger charge is -2.22. The number of amides is 1. The maximum atomic E-state index is 12.3. The lowest BCUT2D eigenvalue weighted by molar-refractivity contribution is -0.123. The lowest BCUT2D eigenvalue weighted by atomic mass is 10.1. The predicted octanol–water partition coefficient (Wildman–Crippen LogP) is 2.38. The van der Waals surface area contributed by atoms with Gasteiger partial charge in [-0.05, 0) is 0 Å². The van der Waals surface area contributed by atoms with Crippen LogP contribution in [-0.4, -0.2) is 33.9 Å². The van der Waals surface area contributed by atoms with E-state index in [1.54, 1.807) is 17.7 Å². The summed E-state index contributed by atoms with van der Waals surface area (Å²) < 4.78 is 0. The third-order valence-electron chi connectivity index (χ3n) is 3.75. The number of carbonyl (C=O) groups is 1. The summed E-state index contributed by atoms with van der Waals surface area (Å²) in [4.78, 5) is 24.3. The van der Waals surface area contributed by atoms with Crippen molar-refractivity contribution < 1.29 is 4.79 Å². The maximum absolute atomic E-state index is 12.3. The van der Waals surface area contributed by atoms with Crippen molar-refractivity contribution in [3.05, 3.63) is 33.8 Å². The van der Waals surface area contributed by atoms with Crippen LogP contribution in [-0.2, 0) is 17.6 Å². The number of H-pyrrole nitrogens is 1. The molecule has 0 radical (unpaired) electrons. The van der Waals surface area contributed by atoms with E-state index in [4.69, 9.17) is 0 Å². The minimum absolute atomic E-state index is 0. The van der Waals surface area contributed by atoms with Crippen LogP contribution in [0.5, 0.6) is 0 Å². The van der Waals surface area contributed by atoms with Gasteiger partial charge < -0.3 is 15.6 Å². The Morgan fingerprint density at radius 1 is 1.46 bits per heavy atom. The molecule has 1 atom stereocenters. The highest BCUT2D eigenvalue weighted by molar-refractivity contribution is 7.09. The Bertz CT molecular complexity index is 658. The number of imidazole rings is 1. The first kappa shape index (κ1) is 20.9. The first-order chi connectivity index (χ1) is 10.6. The fourth-order valence-corrected chi connectivity index (χ4v) is 3.42. The van der Waals surface area contributed by atoms with Crippen molar-refractivity contribution in [2.24, 2.45) is 0 Å².